The number of benzene rings is 2. The van der Waals surface area contributed by atoms with Gasteiger partial charge >= 0.3 is 0 Å². The first-order valence-corrected chi connectivity index (χ1v) is 7.54. The van der Waals surface area contributed by atoms with Crippen LogP contribution in [0.1, 0.15) is 5.56 Å². The molecular formula is C17H19BrO3. The maximum Gasteiger partial charge on any atom is 0.188 e. The van der Waals surface area contributed by atoms with Crippen molar-refractivity contribution in [1.29, 1.82) is 0 Å². The Morgan fingerprint density at radius 2 is 1.71 bits per heavy atom. The van der Waals surface area contributed by atoms with Crippen LogP contribution in [0.15, 0.2) is 46.9 Å². The van der Waals surface area contributed by atoms with E-state index >= 15 is 0 Å². The van der Waals surface area contributed by atoms with E-state index in [9.17, 15) is 0 Å². The average Bonchev–Trinajstić information content (AvgIpc) is 2.53. The van der Waals surface area contributed by atoms with Crippen molar-refractivity contribution >= 4 is 15.9 Å². The number of rotatable bonds is 7. The second kappa shape index (κ2) is 8.17. The van der Waals surface area contributed by atoms with Crippen LogP contribution in [-0.2, 0) is 15.9 Å². The summed E-state index contributed by atoms with van der Waals surface area (Å²) in [6.07, 6.45) is 0.811. The average molecular weight is 351 g/mol. The quantitative estimate of drug-likeness (QED) is 0.697. The fourth-order valence-electron chi connectivity index (χ4n) is 2.17. The molecular weight excluding hydrogens is 332 g/mol. The smallest absolute Gasteiger partial charge is 0.188 e. The highest BCUT2D eigenvalue weighted by Crippen LogP contribution is 2.36. The van der Waals surface area contributed by atoms with Gasteiger partial charge < -0.3 is 14.2 Å². The minimum Gasteiger partial charge on any atom is -0.466 e. The molecule has 0 bridgehead atoms. The van der Waals surface area contributed by atoms with Crippen LogP contribution in [0.5, 0.6) is 5.75 Å². The van der Waals surface area contributed by atoms with E-state index in [2.05, 4.69) is 34.1 Å². The fraction of sp³-hybridized carbons (Fsp3) is 0.294. The molecule has 0 aliphatic rings. The Hall–Kier alpha value is -1.36. The Balaban J connectivity index is 2.42. The van der Waals surface area contributed by atoms with Crippen LogP contribution < -0.4 is 4.74 Å². The summed E-state index contributed by atoms with van der Waals surface area (Å²) in [6.45, 7) is 0.888. The molecule has 4 heteroatoms. The van der Waals surface area contributed by atoms with Gasteiger partial charge in [0.2, 0.25) is 0 Å². The van der Waals surface area contributed by atoms with Crippen molar-refractivity contribution in [3.8, 4) is 16.9 Å². The SMILES string of the molecule is COCCc1c(-c2ccccc2)ccc(OCOC)c1Br. The van der Waals surface area contributed by atoms with Crippen molar-refractivity contribution in [2.75, 3.05) is 27.6 Å². The molecule has 21 heavy (non-hydrogen) atoms. The van der Waals surface area contributed by atoms with Crippen LogP contribution in [0.2, 0.25) is 0 Å². The van der Waals surface area contributed by atoms with Crippen LogP contribution in [0.25, 0.3) is 11.1 Å². The molecule has 112 valence electrons. The molecule has 0 fully saturated rings. The Kier molecular flexibility index (Phi) is 6.23. The maximum absolute atomic E-state index is 5.59. The lowest BCUT2D eigenvalue weighted by molar-refractivity contribution is 0.0505. The number of ether oxygens (including phenoxy) is 3. The van der Waals surface area contributed by atoms with Crippen molar-refractivity contribution in [2.45, 2.75) is 6.42 Å². The molecule has 0 unspecified atom stereocenters. The van der Waals surface area contributed by atoms with Gasteiger partial charge in [-0.3, -0.25) is 0 Å². The van der Waals surface area contributed by atoms with Gasteiger partial charge in [-0.2, -0.15) is 0 Å². The van der Waals surface area contributed by atoms with Crippen molar-refractivity contribution < 1.29 is 14.2 Å². The minimum atomic E-state index is 0.229. The van der Waals surface area contributed by atoms with Gasteiger partial charge in [0.1, 0.15) is 5.75 Å². The van der Waals surface area contributed by atoms with E-state index in [0.29, 0.717) is 6.61 Å². The lowest BCUT2D eigenvalue weighted by Crippen LogP contribution is -2.03. The molecule has 0 atom stereocenters. The maximum atomic E-state index is 5.59. The first-order valence-electron chi connectivity index (χ1n) is 6.75. The molecule has 0 N–H and O–H groups in total. The lowest BCUT2D eigenvalue weighted by atomic mass is 9.97. The van der Waals surface area contributed by atoms with Crippen molar-refractivity contribution in [3.63, 3.8) is 0 Å². The van der Waals surface area contributed by atoms with E-state index in [1.54, 1.807) is 14.2 Å². The first-order chi connectivity index (χ1) is 10.3. The fourth-order valence-corrected chi connectivity index (χ4v) is 2.83. The normalized spacial score (nSPS) is 10.6. The second-order valence-electron chi connectivity index (χ2n) is 4.56. The second-order valence-corrected chi connectivity index (χ2v) is 5.36. The summed E-state index contributed by atoms with van der Waals surface area (Å²) in [5.74, 6) is 0.780. The van der Waals surface area contributed by atoms with Crippen molar-refractivity contribution in [2.24, 2.45) is 0 Å². The predicted molar refractivity (Wildman–Crippen MR) is 87.7 cm³/mol. The summed E-state index contributed by atoms with van der Waals surface area (Å²) < 4.78 is 16.7. The van der Waals surface area contributed by atoms with Gasteiger partial charge in [-0.05, 0) is 45.1 Å². The van der Waals surface area contributed by atoms with Crippen LogP contribution in [0.4, 0.5) is 0 Å². The van der Waals surface area contributed by atoms with Crippen LogP contribution >= 0.6 is 15.9 Å². The van der Waals surface area contributed by atoms with E-state index in [4.69, 9.17) is 14.2 Å². The number of halogens is 1. The van der Waals surface area contributed by atoms with Gasteiger partial charge in [0.05, 0.1) is 11.1 Å². The topological polar surface area (TPSA) is 27.7 Å². The molecule has 2 aromatic carbocycles. The third-order valence-corrected chi connectivity index (χ3v) is 4.05. The summed E-state index contributed by atoms with van der Waals surface area (Å²) in [7, 11) is 3.32. The summed E-state index contributed by atoms with van der Waals surface area (Å²) in [5, 5.41) is 0. The highest BCUT2D eigenvalue weighted by Gasteiger charge is 2.13. The first kappa shape index (κ1) is 16.0. The van der Waals surface area contributed by atoms with Gasteiger partial charge in [0.25, 0.3) is 0 Å². The van der Waals surface area contributed by atoms with E-state index in [-0.39, 0.29) is 6.79 Å². The van der Waals surface area contributed by atoms with E-state index in [1.807, 2.05) is 24.3 Å². The Morgan fingerprint density at radius 1 is 0.952 bits per heavy atom. The van der Waals surface area contributed by atoms with Gasteiger partial charge in [0.15, 0.2) is 6.79 Å². The summed E-state index contributed by atoms with van der Waals surface area (Å²) >= 11 is 3.65. The number of methoxy groups -OCH3 is 2. The van der Waals surface area contributed by atoms with Gasteiger partial charge in [-0.25, -0.2) is 0 Å². The molecule has 0 aliphatic heterocycles. The van der Waals surface area contributed by atoms with Crippen LogP contribution in [0, 0.1) is 0 Å². The zero-order valence-corrected chi connectivity index (χ0v) is 13.9. The highest BCUT2D eigenvalue weighted by atomic mass is 79.9. The van der Waals surface area contributed by atoms with Gasteiger partial charge in [0, 0.05) is 14.2 Å². The molecule has 2 rings (SSSR count). The third-order valence-electron chi connectivity index (χ3n) is 3.18. The number of hydrogen-bond donors (Lipinski definition) is 0. The Morgan fingerprint density at radius 3 is 2.38 bits per heavy atom. The monoisotopic (exact) mass is 350 g/mol. The molecule has 0 spiro atoms. The van der Waals surface area contributed by atoms with E-state index in [1.165, 1.54) is 16.7 Å². The third kappa shape index (κ3) is 4.06. The van der Waals surface area contributed by atoms with E-state index < -0.39 is 0 Å². The highest BCUT2D eigenvalue weighted by molar-refractivity contribution is 9.10. The summed E-state index contributed by atoms with van der Waals surface area (Å²) in [6, 6.07) is 14.3. The zero-order chi connectivity index (χ0) is 15.1. The predicted octanol–water partition coefficient (Wildman–Crippen LogP) is 4.29. The molecule has 0 aliphatic carbocycles. The van der Waals surface area contributed by atoms with Gasteiger partial charge in [-0.1, -0.05) is 36.4 Å². The molecule has 0 heterocycles. The lowest BCUT2D eigenvalue weighted by Gasteiger charge is -2.16. The Bertz CT molecular complexity index is 570. The zero-order valence-electron chi connectivity index (χ0n) is 12.3. The number of hydrogen-bond acceptors (Lipinski definition) is 3. The molecule has 0 saturated carbocycles. The van der Waals surface area contributed by atoms with Crippen LogP contribution in [0.3, 0.4) is 0 Å². The molecule has 0 radical (unpaired) electrons. The molecule has 0 amide bonds. The summed E-state index contributed by atoms with van der Waals surface area (Å²) in [5.41, 5.74) is 3.54. The van der Waals surface area contributed by atoms with Crippen molar-refractivity contribution in [1.82, 2.24) is 0 Å². The molecule has 0 aromatic heterocycles. The molecule has 0 saturated heterocycles. The molecule has 2 aromatic rings. The Labute approximate surface area is 134 Å². The largest absolute Gasteiger partial charge is 0.466 e. The van der Waals surface area contributed by atoms with E-state index in [0.717, 1.165) is 16.6 Å². The van der Waals surface area contributed by atoms with Crippen molar-refractivity contribution in [3.05, 3.63) is 52.5 Å². The standard InChI is InChI=1S/C17H19BrO3/c1-19-11-10-15-14(13-6-4-3-5-7-13)8-9-16(17(15)18)21-12-20-2/h3-9H,10-12H2,1-2H3. The van der Waals surface area contributed by atoms with Crippen LogP contribution in [-0.4, -0.2) is 27.6 Å². The van der Waals surface area contributed by atoms with Gasteiger partial charge in [-0.15, -0.1) is 0 Å². The minimum absolute atomic E-state index is 0.229. The summed E-state index contributed by atoms with van der Waals surface area (Å²) in [4.78, 5) is 0. The molecule has 3 nitrogen and oxygen atoms in total.